The van der Waals surface area contributed by atoms with Gasteiger partial charge in [0.25, 0.3) is 5.91 Å². The highest BCUT2D eigenvalue weighted by molar-refractivity contribution is 5.95. The molecule has 1 amide bonds. The summed E-state index contributed by atoms with van der Waals surface area (Å²) in [5.74, 6) is 1.22. The van der Waals surface area contributed by atoms with E-state index >= 15 is 0 Å². The fourth-order valence-corrected chi connectivity index (χ4v) is 2.22. The standard InChI is InChI=1S/C12H18N2O2/c1-9-11(4-6-16-9)12(15)14-5-2-3-10(7-13)8-14/h4,6,10H,2-3,5,7-8,13H2,1H3. The number of aryl methyl sites for hydroxylation is 1. The number of nitrogens with zero attached hydrogens (tertiary/aromatic N) is 1. The first-order valence-corrected chi connectivity index (χ1v) is 5.76. The van der Waals surface area contributed by atoms with Crippen molar-refractivity contribution in [2.45, 2.75) is 19.8 Å². The number of carbonyl (C=O) groups excluding carboxylic acids is 1. The smallest absolute Gasteiger partial charge is 0.257 e. The summed E-state index contributed by atoms with van der Waals surface area (Å²) in [5.41, 5.74) is 6.34. The molecule has 0 aliphatic carbocycles. The second-order valence-electron chi connectivity index (χ2n) is 4.39. The Hall–Kier alpha value is -1.29. The van der Waals surface area contributed by atoms with Crippen LogP contribution in [0, 0.1) is 12.8 Å². The van der Waals surface area contributed by atoms with Crippen molar-refractivity contribution < 1.29 is 9.21 Å². The topological polar surface area (TPSA) is 59.5 Å². The normalized spacial score (nSPS) is 21.1. The molecule has 1 atom stereocenters. The first-order chi connectivity index (χ1) is 7.72. The summed E-state index contributed by atoms with van der Waals surface area (Å²) >= 11 is 0. The lowest BCUT2D eigenvalue weighted by Crippen LogP contribution is -2.42. The summed E-state index contributed by atoms with van der Waals surface area (Å²) in [5, 5.41) is 0. The Bertz CT molecular complexity index is 373. The number of amides is 1. The van der Waals surface area contributed by atoms with E-state index < -0.39 is 0 Å². The lowest BCUT2D eigenvalue weighted by molar-refractivity contribution is 0.0676. The van der Waals surface area contributed by atoms with E-state index in [-0.39, 0.29) is 5.91 Å². The van der Waals surface area contributed by atoms with E-state index in [4.69, 9.17) is 10.2 Å². The van der Waals surface area contributed by atoms with E-state index in [1.165, 1.54) is 0 Å². The maximum Gasteiger partial charge on any atom is 0.257 e. The van der Waals surface area contributed by atoms with Gasteiger partial charge < -0.3 is 15.1 Å². The lowest BCUT2D eigenvalue weighted by Gasteiger charge is -2.32. The van der Waals surface area contributed by atoms with Crippen molar-refractivity contribution in [3.8, 4) is 0 Å². The Kier molecular flexibility index (Phi) is 3.29. The van der Waals surface area contributed by atoms with Gasteiger partial charge in [0.05, 0.1) is 11.8 Å². The van der Waals surface area contributed by atoms with Crippen LogP contribution in [-0.4, -0.2) is 30.4 Å². The molecule has 1 fully saturated rings. The fourth-order valence-electron chi connectivity index (χ4n) is 2.22. The minimum atomic E-state index is 0.0735. The van der Waals surface area contributed by atoms with Crippen molar-refractivity contribution in [2.24, 2.45) is 11.7 Å². The van der Waals surface area contributed by atoms with Gasteiger partial charge in [0, 0.05) is 13.1 Å². The SMILES string of the molecule is Cc1occc1C(=O)N1CCCC(CN)C1. The molecule has 1 unspecified atom stereocenters. The number of furan rings is 1. The zero-order valence-electron chi connectivity index (χ0n) is 9.61. The number of nitrogens with two attached hydrogens (primary N) is 1. The van der Waals surface area contributed by atoms with Crippen LogP contribution >= 0.6 is 0 Å². The largest absolute Gasteiger partial charge is 0.469 e. The van der Waals surface area contributed by atoms with Gasteiger partial charge in [-0.1, -0.05) is 0 Å². The first kappa shape index (κ1) is 11.2. The number of hydrogen-bond donors (Lipinski definition) is 1. The number of piperidine rings is 1. The highest BCUT2D eigenvalue weighted by atomic mass is 16.3. The van der Waals surface area contributed by atoms with E-state index in [1.807, 2.05) is 11.8 Å². The van der Waals surface area contributed by atoms with E-state index in [2.05, 4.69) is 0 Å². The number of rotatable bonds is 2. The van der Waals surface area contributed by atoms with Crippen molar-refractivity contribution in [1.29, 1.82) is 0 Å². The number of likely N-dealkylation sites (tertiary alicyclic amines) is 1. The second kappa shape index (κ2) is 4.70. The zero-order chi connectivity index (χ0) is 11.5. The van der Waals surface area contributed by atoms with Gasteiger partial charge in [-0.2, -0.15) is 0 Å². The Labute approximate surface area is 95.4 Å². The third kappa shape index (κ3) is 2.11. The molecule has 2 N–H and O–H groups in total. The summed E-state index contributed by atoms with van der Waals surface area (Å²) < 4.78 is 5.16. The molecule has 0 aromatic carbocycles. The van der Waals surface area contributed by atoms with Crippen LogP contribution in [0.2, 0.25) is 0 Å². The molecule has 0 radical (unpaired) electrons. The van der Waals surface area contributed by atoms with Crippen LogP contribution in [0.1, 0.15) is 29.0 Å². The molecule has 16 heavy (non-hydrogen) atoms. The van der Waals surface area contributed by atoms with Crippen LogP contribution in [0.15, 0.2) is 16.7 Å². The third-order valence-electron chi connectivity index (χ3n) is 3.23. The van der Waals surface area contributed by atoms with Crippen molar-refractivity contribution >= 4 is 5.91 Å². The van der Waals surface area contributed by atoms with Crippen molar-refractivity contribution in [3.05, 3.63) is 23.7 Å². The Morgan fingerprint density at radius 2 is 2.50 bits per heavy atom. The van der Waals surface area contributed by atoms with Crippen LogP contribution in [0.5, 0.6) is 0 Å². The molecule has 4 nitrogen and oxygen atoms in total. The molecule has 0 saturated carbocycles. The van der Waals surface area contributed by atoms with Gasteiger partial charge in [-0.3, -0.25) is 4.79 Å². The lowest BCUT2D eigenvalue weighted by atomic mass is 9.98. The van der Waals surface area contributed by atoms with E-state index in [0.717, 1.165) is 25.9 Å². The molecule has 1 saturated heterocycles. The predicted octanol–water partition coefficient (Wildman–Crippen LogP) is 1.40. The third-order valence-corrected chi connectivity index (χ3v) is 3.23. The molecular formula is C12H18N2O2. The minimum Gasteiger partial charge on any atom is -0.469 e. The maximum atomic E-state index is 12.2. The average Bonchev–Trinajstić information content (AvgIpc) is 2.74. The average molecular weight is 222 g/mol. The molecule has 1 aromatic rings. The van der Waals surface area contributed by atoms with Gasteiger partial charge in [-0.15, -0.1) is 0 Å². The summed E-state index contributed by atoms with van der Waals surface area (Å²) in [6, 6.07) is 1.74. The second-order valence-corrected chi connectivity index (χ2v) is 4.39. The van der Waals surface area contributed by atoms with Crippen LogP contribution in [0.3, 0.4) is 0 Å². The van der Waals surface area contributed by atoms with E-state index in [0.29, 0.717) is 23.8 Å². The van der Waals surface area contributed by atoms with Crippen molar-refractivity contribution in [2.75, 3.05) is 19.6 Å². The summed E-state index contributed by atoms with van der Waals surface area (Å²) in [7, 11) is 0. The Balaban J connectivity index is 2.07. The van der Waals surface area contributed by atoms with Gasteiger partial charge in [-0.25, -0.2) is 0 Å². The highest BCUT2D eigenvalue weighted by Gasteiger charge is 2.25. The van der Waals surface area contributed by atoms with E-state index in [1.54, 1.807) is 12.3 Å². The van der Waals surface area contributed by atoms with Gasteiger partial charge in [0.15, 0.2) is 0 Å². The van der Waals surface area contributed by atoms with E-state index in [9.17, 15) is 4.79 Å². The zero-order valence-corrected chi connectivity index (χ0v) is 9.61. The first-order valence-electron chi connectivity index (χ1n) is 5.76. The van der Waals surface area contributed by atoms with Crippen LogP contribution < -0.4 is 5.73 Å². The monoisotopic (exact) mass is 222 g/mol. The minimum absolute atomic E-state index is 0.0735. The highest BCUT2D eigenvalue weighted by Crippen LogP contribution is 2.19. The quantitative estimate of drug-likeness (QED) is 0.822. The van der Waals surface area contributed by atoms with Gasteiger partial charge in [0.1, 0.15) is 5.76 Å². The molecule has 0 bridgehead atoms. The molecule has 1 aromatic heterocycles. The number of carbonyl (C=O) groups is 1. The van der Waals surface area contributed by atoms with Crippen molar-refractivity contribution in [3.63, 3.8) is 0 Å². The van der Waals surface area contributed by atoms with Gasteiger partial charge in [-0.05, 0) is 38.3 Å². The van der Waals surface area contributed by atoms with Crippen LogP contribution in [-0.2, 0) is 0 Å². The van der Waals surface area contributed by atoms with Crippen LogP contribution in [0.4, 0.5) is 0 Å². The molecule has 4 heteroatoms. The molecule has 2 rings (SSSR count). The molecule has 2 heterocycles. The molecule has 88 valence electrons. The summed E-state index contributed by atoms with van der Waals surface area (Å²) in [6.45, 7) is 4.09. The molecule has 1 aliphatic heterocycles. The molecule has 1 aliphatic rings. The maximum absolute atomic E-state index is 12.2. The van der Waals surface area contributed by atoms with Crippen LogP contribution in [0.25, 0.3) is 0 Å². The predicted molar refractivity (Wildman–Crippen MR) is 61.1 cm³/mol. The summed E-state index contributed by atoms with van der Waals surface area (Å²) in [4.78, 5) is 14.1. The van der Waals surface area contributed by atoms with Gasteiger partial charge >= 0.3 is 0 Å². The molecule has 0 spiro atoms. The number of hydrogen-bond acceptors (Lipinski definition) is 3. The molecular weight excluding hydrogens is 204 g/mol. The van der Waals surface area contributed by atoms with Gasteiger partial charge in [0.2, 0.25) is 0 Å². The Morgan fingerprint density at radius 1 is 1.69 bits per heavy atom. The summed E-state index contributed by atoms with van der Waals surface area (Å²) in [6.07, 6.45) is 3.74. The van der Waals surface area contributed by atoms with Crippen molar-refractivity contribution in [1.82, 2.24) is 4.90 Å². The fraction of sp³-hybridized carbons (Fsp3) is 0.583. The Morgan fingerprint density at radius 3 is 3.12 bits per heavy atom.